The number of ether oxygens (including phenoxy) is 1. The Morgan fingerprint density at radius 1 is 1.57 bits per heavy atom. The van der Waals surface area contributed by atoms with E-state index in [2.05, 4.69) is 23.9 Å². The van der Waals surface area contributed by atoms with Gasteiger partial charge in [-0.1, -0.05) is 26.3 Å². The van der Waals surface area contributed by atoms with Gasteiger partial charge < -0.3 is 9.64 Å². The number of hydrogen-bond acceptors (Lipinski definition) is 5. The number of nitrogens with one attached hydrogen (secondary N) is 1. The van der Waals surface area contributed by atoms with Gasteiger partial charge in [-0.25, -0.2) is 0 Å². The van der Waals surface area contributed by atoms with E-state index in [1.807, 2.05) is 17.5 Å². The van der Waals surface area contributed by atoms with Gasteiger partial charge in [0.15, 0.2) is 0 Å². The van der Waals surface area contributed by atoms with E-state index in [1.54, 1.807) is 16.2 Å². The maximum Gasteiger partial charge on any atom is 0.307 e. The molecule has 0 spiro atoms. The van der Waals surface area contributed by atoms with E-state index in [0.29, 0.717) is 6.54 Å². The summed E-state index contributed by atoms with van der Waals surface area (Å²) in [6, 6.07) is 3.81. The summed E-state index contributed by atoms with van der Waals surface area (Å²) in [7, 11) is 1.37. The Hall–Kier alpha value is -1.40. The van der Waals surface area contributed by atoms with Crippen molar-refractivity contribution in [1.29, 1.82) is 0 Å². The topological polar surface area (TPSA) is 58.6 Å². The number of amides is 1. The van der Waals surface area contributed by atoms with Gasteiger partial charge in [0.25, 0.3) is 0 Å². The number of nitrogens with zero attached hydrogens (tertiary/aromatic N) is 1. The highest BCUT2D eigenvalue weighted by Gasteiger charge is 2.41. The average Bonchev–Trinajstić information content (AvgIpc) is 3.12. The lowest BCUT2D eigenvalue weighted by atomic mass is 9.99. The molecule has 1 fully saturated rings. The van der Waals surface area contributed by atoms with Crippen molar-refractivity contribution < 1.29 is 14.3 Å². The molecule has 1 aromatic heterocycles. The van der Waals surface area contributed by atoms with Gasteiger partial charge in [-0.3, -0.25) is 14.9 Å². The lowest BCUT2D eigenvalue weighted by Crippen LogP contribution is -2.36. The SMILES string of the molecule is CCC(C)C1NC(c2cccs2)N(CCC(=O)OC)C1=O. The summed E-state index contributed by atoms with van der Waals surface area (Å²) in [4.78, 5) is 26.8. The maximum absolute atomic E-state index is 12.6. The summed E-state index contributed by atoms with van der Waals surface area (Å²) < 4.78 is 4.67. The molecular formula is C15H22N2O3S. The van der Waals surface area contributed by atoms with Crippen LogP contribution in [0.4, 0.5) is 0 Å². The van der Waals surface area contributed by atoms with Crippen LogP contribution in [0.25, 0.3) is 0 Å². The van der Waals surface area contributed by atoms with E-state index in [1.165, 1.54) is 7.11 Å². The van der Waals surface area contributed by atoms with Crippen LogP contribution in [0.15, 0.2) is 17.5 Å². The lowest BCUT2D eigenvalue weighted by Gasteiger charge is -2.22. The molecule has 0 aromatic carbocycles. The Morgan fingerprint density at radius 2 is 2.33 bits per heavy atom. The van der Waals surface area contributed by atoms with Crippen molar-refractivity contribution in [3.8, 4) is 0 Å². The number of hydrogen-bond donors (Lipinski definition) is 1. The van der Waals surface area contributed by atoms with Gasteiger partial charge in [0.2, 0.25) is 5.91 Å². The zero-order valence-corrected chi connectivity index (χ0v) is 13.5. The summed E-state index contributed by atoms with van der Waals surface area (Å²) in [6.07, 6.45) is 1.02. The van der Waals surface area contributed by atoms with Crippen LogP contribution in [0.5, 0.6) is 0 Å². The standard InChI is InChI=1S/C15H22N2O3S/c1-4-10(2)13-15(19)17(8-7-12(18)20-3)14(16-13)11-6-5-9-21-11/h5-6,9-10,13-14,16H,4,7-8H2,1-3H3. The Morgan fingerprint density at radius 3 is 2.90 bits per heavy atom. The fraction of sp³-hybridized carbons (Fsp3) is 0.600. The number of carbonyl (C=O) groups is 2. The van der Waals surface area contributed by atoms with E-state index in [4.69, 9.17) is 0 Å². The molecule has 3 unspecified atom stereocenters. The van der Waals surface area contributed by atoms with Crippen LogP contribution in [0.1, 0.15) is 37.7 Å². The predicted octanol–water partition coefficient (Wildman–Crippen LogP) is 2.16. The molecule has 0 radical (unpaired) electrons. The van der Waals surface area contributed by atoms with E-state index >= 15 is 0 Å². The van der Waals surface area contributed by atoms with E-state index in [9.17, 15) is 9.59 Å². The number of methoxy groups -OCH3 is 1. The molecule has 1 N–H and O–H groups in total. The summed E-state index contributed by atoms with van der Waals surface area (Å²) in [5.41, 5.74) is 0. The van der Waals surface area contributed by atoms with Crippen molar-refractivity contribution in [2.45, 2.75) is 38.9 Å². The first-order valence-electron chi connectivity index (χ1n) is 7.25. The Bertz CT molecular complexity index is 489. The van der Waals surface area contributed by atoms with E-state index in [-0.39, 0.29) is 36.4 Å². The third kappa shape index (κ3) is 3.44. The number of thiophene rings is 1. The molecular weight excluding hydrogens is 288 g/mol. The van der Waals surface area contributed by atoms with Crippen LogP contribution >= 0.6 is 11.3 Å². The van der Waals surface area contributed by atoms with Crippen molar-refractivity contribution in [2.75, 3.05) is 13.7 Å². The van der Waals surface area contributed by atoms with Crippen LogP contribution in [-0.4, -0.2) is 36.5 Å². The third-order valence-corrected chi connectivity index (χ3v) is 4.93. The molecule has 116 valence electrons. The second-order valence-electron chi connectivity index (χ2n) is 5.31. The van der Waals surface area contributed by atoms with Gasteiger partial charge in [-0.15, -0.1) is 11.3 Å². The molecule has 1 aliphatic heterocycles. The van der Waals surface area contributed by atoms with Crippen molar-refractivity contribution in [3.05, 3.63) is 22.4 Å². The fourth-order valence-electron chi connectivity index (χ4n) is 2.52. The molecule has 0 saturated carbocycles. The van der Waals surface area contributed by atoms with E-state index in [0.717, 1.165) is 11.3 Å². The average molecular weight is 310 g/mol. The molecule has 1 saturated heterocycles. The van der Waals surface area contributed by atoms with Crippen LogP contribution in [0.2, 0.25) is 0 Å². The molecule has 6 heteroatoms. The molecule has 5 nitrogen and oxygen atoms in total. The molecule has 1 amide bonds. The summed E-state index contributed by atoms with van der Waals surface area (Å²) >= 11 is 1.61. The smallest absolute Gasteiger partial charge is 0.307 e. The van der Waals surface area contributed by atoms with E-state index < -0.39 is 0 Å². The molecule has 0 bridgehead atoms. The van der Waals surface area contributed by atoms with Crippen LogP contribution < -0.4 is 5.32 Å². The fourth-order valence-corrected chi connectivity index (χ4v) is 3.31. The highest BCUT2D eigenvalue weighted by atomic mass is 32.1. The Balaban J connectivity index is 2.15. The zero-order valence-electron chi connectivity index (χ0n) is 12.7. The van der Waals surface area contributed by atoms with Gasteiger partial charge in [-0.2, -0.15) is 0 Å². The highest BCUT2D eigenvalue weighted by Crippen LogP contribution is 2.31. The van der Waals surface area contributed by atoms with Crippen molar-refractivity contribution in [3.63, 3.8) is 0 Å². The van der Waals surface area contributed by atoms with Gasteiger partial charge in [0, 0.05) is 11.4 Å². The van der Waals surface area contributed by atoms with Gasteiger partial charge in [-0.05, 0) is 17.4 Å². The van der Waals surface area contributed by atoms with Crippen LogP contribution in [0.3, 0.4) is 0 Å². The highest BCUT2D eigenvalue weighted by molar-refractivity contribution is 7.10. The van der Waals surface area contributed by atoms with Gasteiger partial charge >= 0.3 is 5.97 Å². The minimum Gasteiger partial charge on any atom is -0.469 e. The van der Waals surface area contributed by atoms with Crippen molar-refractivity contribution in [1.82, 2.24) is 10.2 Å². The molecule has 1 aromatic rings. The molecule has 1 aliphatic rings. The van der Waals surface area contributed by atoms with Crippen molar-refractivity contribution in [2.24, 2.45) is 5.92 Å². The van der Waals surface area contributed by atoms with Gasteiger partial charge in [0.05, 0.1) is 19.6 Å². The summed E-state index contributed by atoms with van der Waals surface area (Å²) in [5, 5.41) is 5.42. The molecule has 2 heterocycles. The summed E-state index contributed by atoms with van der Waals surface area (Å²) in [6.45, 7) is 4.54. The second kappa shape index (κ2) is 7.04. The maximum atomic E-state index is 12.6. The Kier molecular flexibility index (Phi) is 5.36. The third-order valence-electron chi connectivity index (χ3n) is 4.01. The first kappa shape index (κ1) is 16.0. The minimum atomic E-state index is -0.292. The van der Waals surface area contributed by atoms with Crippen LogP contribution in [-0.2, 0) is 14.3 Å². The van der Waals surface area contributed by atoms with Gasteiger partial charge in [0.1, 0.15) is 6.17 Å². The Labute approximate surface area is 129 Å². The quantitative estimate of drug-likeness (QED) is 0.818. The number of carbonyl (C=O) groups excluding carboxylic acids is 2. The first-order chi connectivity index (χ1) is 10.1. The molecule has 0 aliphatic carbocycles. The molecule has 3 atom stereocenters. The lowest BCUT2D eigenvalue weighted by molar-refractivity contribution is -0.141. The number of rotatable bonds is 6. The first-order valence-corrected chi connectivity index (χ1v) is 8.13. The largest absolute Gasteiger partial charge is 0.469 e. The monoisotopic (exact) mass is 310 g/mol. The summed E-state index contributed by atoms with van der Waals surface area (Å²) in [5.74, 6) is 0.0504. The second-order valence-corrected chi connectivity index (χ2v) is 6.28. The van der Waals surface area contributed by atoms with Crippen LogP contribution in [0, 0.1) is 5.92 Å². The normalized spacial score (nSPS) is 23.4. The minimum absolute atomic E-state index is 0.0756. The number of esters is 1. The molecule has 21 heavy (non-hydrogen) atoms. The predicted molar refractivity (Wildman–Crippen MR) is 81.8 cm³/mol. The zero-order chi connectivity index (χ0) is 15.4. The van der Waals surface area contributed by atoms with Crippen molar-refractivity contribution >= 4 is 23.2 Å². The molecule has 2 rings (SSSR count).